The molecule has 24 heavy (non-hydrogen) atoms. The molecule has 2 rings (SSSR count). The highest BCUT2D eigenvalue weighted by Crippen LogP contribution is 2.09. The third-order valence-electron chi connectivity index (χ3n) is 3.77. The minimum atomic E-state index is -0.798. The lowest BCUT2D eigenvalue weighted by molar-refractivity contribution is 0.0853. The molecule has 1 aliphatic rings. The monoisotopic (exact) mass is 337 g/mol. The predicted molar refractivity (Wildman–Crippen MR) is 92.4 cm³/mol. The van der Waals surface area contributed by atoms with Crippen LogP contribution in [0.1, 0.15) is 18.9 Å². The van der Waals surface area contributed by atoms with Gasteiger partial charge < -0.3 is 20.8 Å². The van der Waals surface area contributed by atoms with Crippen molar-refractivity contribution in [3.63, 3.8) is 0 Å². The molecule has 2 amide bonds. The number of carbonyl (C=O) groups excluding carboxylic acids is 1. The molecule has 134 valence electrons. The van der Waals surface area contributed by atoms with Gasteiger partial charge in [0.15, 0.2) is 0 Å². The van der Waals surface area contributed by atoms with Gasteiger partial charge in [0, 0.05) is 18.3 Å². The largest absolute Gasteiger partial charge is 0.394 e. The zero-order valence-corrected chi connectivity index (χ0v) is 14.0. The summed E-state index contributed by atoms with van der Waals surface area (Å²) >= 11 is 0. The van der Waals surface area contributed by atoms with Crippen LogP contribution in [0, 0.1) is 6.92 Å². The molecule has 0 saturated carbocycles. The number of rotatable bonds is 6. The van der Waals surface area contributed by atoms with Crippen LogP contribution in [0.4, 0.5) is 10.5 Å². The Morgan fingerprint density at radius 2 is 2.21 bits per heavy atom. The van der Waals surface area contributed by atoms with Crippen molar-refractivity contribution in [2.75, 3.05) is 18.5 Å². The first-order valence-electron chi connectivity index (χ1n) is 8.15. The van der Waals surface area contributed by atoms with Gasteiger partial charge in [-0.05, 0) is 38.0 Å². The third kappa shape index (κ3) is 6.06. The quantitative estimate of drug-likeness (QED) is 0.381. The molecule has 0 bridgehead atoms. The standard InChI is InChI=1S/C16H27N5O3/c1-10-4-3-5-12(6-10)19-16(24)21-15-18-11(2)7-14(20-15)17-8-13(23)9-22/h3-6,11,13-15,17-18,20,22-23H,7-9H2,1-2H3,(H2,19,21,24). The smallest absolute Gasteiger partial charge is 0.321 e. The summed E-state index contributed by atoms with van der Waals surface area (Å²) in [4.78, 5) is 12.1. The Labute approximate surface area is 142 Å². The van der Waals surface area contributed by atoms with Gasteiger partial charge in [0.05, 0.1) is 18.9 Å². The van der Waals surface area contributed by atoms with Crippen molar-refractivity contribution in [3.8, 4) is 0 Å². The topological polar surface area (TPSA) is 118 Å². The van der Waals surface area contributed by atoms with Crippen molar-refractivity contribution in [1.29, 1.82) is 0 Å². The van der Waals surface area contributed by atoms with Gasteiger partial charge in [-0.1, -0.05) is 12.1 Å². The highest BCUT2D eigenvalue weighted by Gasteiger charge is 2.26. The van der Waals surface area contributed by atoms with E-state index in [-0.39, 0.29) is 31.4 Å². The first-order valence-corrected chi connectivity index (χ1v) is 8.15. The molecule has 4 atom stereocenters. The van der Waals surface area contributed by atoms with Gasteiger partial charge >= 0.3 is 6.03 Å². The van der Waals surface area contributed by atoms with Crippen LogP contribution >= 0.6 is 0 Å². The van der Waals surface area contributed by atoms with Crippen molar-refractivity contribution in [1.82, 2.24) is 21.3 Å². The summed E-state index contributed by atoms with van der Waals surface area (Å²) in [6.07, 6.45) is -0.488. The van der Waals surface area contributed by atoms with Crippen LogP contribution in [0.3, 0.4) is 0 Å². The summed E-state index contributed by atoms with van der Waals surface area (Å²) in [7, 11) is 0. The average Bonchev–Trinajstić information content (AvgIpc) is 2.52. The summed E-state index contributed by atoms with van der Waals surface area (Å²) in [6.45, 7) is 3.98. The van der Waals surface area contributed by atoms with Gasteiger partial charge in [-0.25, -0.2) is 4.79 Å². The molecule has 8 nitrogen and oxygen atoms in total. The molecule has 0 aliphatic carbocycles. The third-order valence-corrected chi connectivity index (χ3v) is 3.77. The Balaban J connectivity index is 1.83. The highest BCUT2D eigenvalue weighted by atomic mass is 16.3. The molecule has 1 aromatic carbocycles. The number of amides is 2. The lowest BCUT2D eigenvalue weighted by atomic mass is 10.1. The summed E-state index contributed by atoms with van der Waals surface area (Å²) in [5.74, 6) is 0. The van der Waals surface area contributed by atoms with Crippen LogP contribution in [0.5, 0.6) is 0 Å². The van der Waals surface area contributed by atoms with Crippen molar-refractivity contribution < 1.29 is 15.0 Å². The zero-order chi connectivity index (χ0) is 17.5. The van der Waals surface area contributed by atoms with Crippen LogP contribution in [-0.4, -0.2) is 54.0 Å². The van der Waals surface area contributed by atoms with Crippen molar-refractivity contribution in [2.24, 2.45) is 0 Å². The number of aliphatic hydroxyl groups is 2. The predicted octanol–water partition coefficient (Wildman–Crippen LogP) is -0.360. The number of anilines is 1. The maximum Gasteiger partial charge on any atom is 0.321 e. The summed E-state index contributed by atoms with van der Waals surface area (Å²) in [5, 5.41) is 33.5. The van der Waals surface area contributed by atoms with Crippen molar-refractivity contribution >= 4 is 11.7 Å². The maximum absolute atomic E-state index is 12.1. The molecule has 0 radical (unpaired) electrons. The van der Waals surface area contributed by atoms with E-state index in [0.29, 0.717) is 0 Å². The molecule has 1 fully saturated rings. The van der Waals surface area contributed by atoms with E-state index in [0.717, 1.165) is 17.7 Å². The van der Waals surface area contributed by atoms with E-state index in [1.807, 2.05) is 38.1 Å². The summed E-state index contributed by atoms with van der Waals surface area (Å²) in [5.41, 5.74) is 1.80. The lowest BCUT2D eigenvalue weighted by Crippen LogP contribution is -2.68. The van der Waals surface area contributed by atoms with E-state index in [9.17, 15) is 9.90 Å². The van der Waals surface area contributed by atoms with E-state index in [4.69, 9.17) is 5.11 Å². The van der Waals surface area contributed by atoms with Crippen LogP contribution < -0.4 is 26.6 Å². The highest BCUT2D eigenvalue weighted by molar-refractivity contribution is 5.89. The zero-order valence-electron chi connectivity index (χ0n) is 14.0. The molecule has 1 saturated heterocycles. The second kappa shape index (κ2) is 8.95. The van der Waals surface area contributed by atoms with Gasteiger partial charge in [0.1, 0.15) is 6.29 Å². The maximum atomic E-state index is 12.1. The minimum Gasteiger partial charge on any atom is -0.394 e. The molecule has 1 aromatic rings. The van der Waals surface area contributed by atoms with Crippen LogP contribution in [0.25, 0.3) is 0 Å². The average molecular weight is 337 g/mol. The number of aliphatic hydroxyl groups excluding tert-OH is 2. The lowest BCUT2D eigenvalue weighted by Gasteiger charge is -2.37. The Morgan fingerprint density at radius 1 is 1.42 bits per heavy atom. The second-order valence-corrected chi connectivity index (χ2v) is 6.17. The van der Waals surface area contributed by atoms with Gasteiger partial charge in [0.25, 0.3) is 0 Å². The molecule has 1 aliphatic heterocycles. The molecular formula is C16H27N5O3. The summed E-state index contributed by atoms with van der Waals surface area (Å²) in [6, 6.07) is 7.44. The molecule has 0 aromatic heterocycles. The molecular weight excluding hydrogens is 310 g/mol. The van der Waals surface area contributed by atoms with E-state index < -0.39 is 12.4 Å². The van der Waals surface area contributed by atoms with Crippen LogP contribution in [0.15, 0.2) is 24.3 Å². The van der Waals surface area contributed by atoms with Gasteiger partial charge in [-0.2, -0.15) is 0 Å². The Morgan fingerprint density at radius 3 is 2.92 bits per heavy atom. The molecule has 8 heteroatoms. The second-order valence-electron chi connectivity index (χ2n) is 6.17. The van der Waals surface area contributed by atoms with E-state index >= 15 is 0 Å². The first kappa shape index (κ1) is 18.6. The van der Waals surface area contributed by atoms with E-state index in [2.05, 4.69) is 26.6 Å². The molecule has 4 unspecified atom stereocenters. The molecule has 0 spiro atoms. The fraction of sp³-hybridized carbons (Fsp3) is 0.562. The van der Waals surface area contributed by atoms with Gasteiger partial charge in [-0.3, -0.25) is 16.0 Å². The number of urea groups is 1. The number of aryl methyl sites for hydroxylation is 1. The SMILES string of the molecule is Cc1cccc(NC(=O)NC2NC(C)CC(NCC(O)CO)N2)c1. The van der Waals surface area contributed by atoms with E-state index in [1.165, 1.54) is 0 Å². The Bertz CT molecular complexity index is 542. The number of carbonyl (C=O) groups is 1. The number of hydrogen-bond acceptors (Lipinski definition) is 6. The van der Waals surface area contributed by atoms with Crippen molar-refractivity contribution in [2.45, 2.75) is 44.9 Å². The van der Waals surface area contributed by atoms with Crippen LogP contribution in [0.2, 0.25) is 0 Å². The fourth-order valence-electron chi connectivity index (χ4n) is 2.61. The first-order chi connectivity index (χ1) is 11.5. The molecule has 1 heterocycles. The Kier molecular flexibility index (Phi) is 6.95. The van der Waals surface area contributed by atoms with Crippen molar-refractivity contribution in [3.05, 3.63) is 29.8 Å². The van der Waals surface area contributed by atoms with Gasteiger partial charge in [-0.15, -0.1) is 0 Å². The number of hydrogen-bond donors (Lipinski definition) is 7. The number of benzene rings is 1. The minimum absolute atomic E-state index is 0.0771. The Hall–Kier alpha value is -1.71. The summed E-state index contributed by atoms with van der Waals surface area (Å²) < 4.78 is 0. The van der Waals surface area contributed by atoms with E-state index in [1.54, 1.807) is 0 Å². The van der Waals surface area contributed by atoms with Gasteiger partial charge in [0.2, 0.25) is 0 Å². The fourth-order valence-corrected chi connectivity index (χ4v) is 2.61. The normalized spacial score (nSPS) is 25.1. The number of nitrogens with one attached hydrogen (secondary N) is 5. The van der Waals surface area contributed by atoms with Crippen LogP contribution in [-0.2, 0) is 0 Å². The molecule has 7 N–H and O–H groups in total.